The Kier molecular flexibility index (Phi) is 8.38. The molecule has 1 atom stereocenters. The minimum absolute atomic E-state index is 0.0207. The average molecular weight is 546 g/mol. The van der Waals surface area contributed by atoms with E-state index in [9.17, 15) is 40.3 Å². The molecule has 0 aliphatic carbocycles. The topological polar surface area (TPSA) is 49.9 Å². The second kappa shape index (κ2) is 10.9. The highest BCUT2D eigenvalue weighted by Crippen LogP contribution is 2.40. The Morgan fingerprint density at radius 1 is 1.05 bits per heavy atom. The van der Waals surface area contributed by atoms with E-state index in [1.165, 1.54) is 18.8 Å². The number of nitrogens with zero attached hydrogens (tertiary/aromatic N) is 2. The minimum atomic E-state index is -5.04. The third kappa shape index (κ3) is 6.60. The molecule has 2 aromatic carbocycles. The zero-order valence-electron chi connectivity index (χ0n) is 21.1. The Hall–Kier alpha value is -3.25. The van der Waals surface area contributed by atoms with Gasteiger partial charge in [0.25, 0.3) is 0 Å². The predicted molar refractivity (Wildman–Crippen MR) is 128 cm³/mol. The van der Waals surface area contributed by atoms with Crippen LogP contribution in [0.5, 0.6) is 0 Å². The fourth-order valence-electron chi connectivity index (χ4n) is 4.44. The Labute approximate surface area is 215 Å². The molecule has 13 heteroatoms. The fraction of sp³-hybridized carbons (Fsp3) is 0.440. The van der Waals surface area contributed by atoms with E-state index in [4.69, 9.17) is 4.74 Å². The van der Waals surface area contributed by atoms with Crippen molar-refractivity contribution in [1.29, 1.82) is 0 Å². The number of fused-ring (bicyclic) bond motifs is 1. The first-order valence-electron chi connectivity index (χ1n) is 11.8. The molecule has 2 amide bonds. The van der Waals surface area contributed by atoms with Crippen molar-refractivity contribution in [2.45, 2.75) is 64.7 Å². The number of benzene rings is 2. The van der Waals surface area contributed by atoms with Crippen molar-refractivity contribution in [1.82, 2.24) is 4.90 Å². The van der Waals surface area contributed by atoms with Crippen molar-refractivity contribution in [3.8, 4) is 0 Å². The molecule has 1 aliphatic heterocycles. The lowest BCUT2D eigenvalue weighted by molar-refractivity contribution is -0.143. The van der Waals surface area contributed by atoms with Gasteiger partial charge in [0, 0.05) is 20.0 Å². The van der Waals surface area contributed by atoms with Crippen molar-refractivity contribution in [3.05, 3.63) is 58.4 Å². The maximum absolute atomic E-state index is 14.6. The monoisotopic (exact) mass is 546 g/mol. The van der Waals surface area contributed by atoms with Crippen molar-refractivity contribution in [3.63, 3.8) is 0 Å². The SMILES string of the molecule is Bc1cc2c(cc1F)N(C(=O)OC(C)C)CCCC2N(Cc1cc(C(F)(F)F)cc(C(F)(F)F)c1)C(C)=O. The van der Waals surface area contributed by atoms with Gasteiger partial charge in [0.2, 0.25) is 5.91 Å². The first-order chi connectivity index (χ1) is 17.5. The van der Waals surface area contributed by atoms with Crippen LogP contribution in [0.3, 0.4) is 0 Å². The van der Waals surface area contributed by atoms with E-state index in [-0.39, 0.29) is 35.7 Å². The smallest absolute Gasteiger partial charge is 0.416 e. The van der Waals surface area contributed by atoms with Crippen LogP contribution in [0, 0.1) is 5.82 Å². The average Bonchev–Trinajstić information content (AvgIpc) is 2.95. The van der Waals surface area contributed by atoms with Crippen LogP contribution in [0.25, 0.3) is 0 Å². The van der Waals surface area contributed by atoms with Gasteiger partial charge in [-0.2, -0.15) is 26.3 Å². The third-order valence-corrected chi connectivity index (χ3v) is 6.15. The maximum Gasteiger partial charge on any atom is 0.416 e. The maximum atomic E-state index is 14.6. The number of anilines is 1. The van der Waals surface area contributed by atoms with Gasteiger partial charge in [-0.3, -0.25) is 9.69 Å². The number of hydrogen-bond acceptors (Lipinski definition) is 3. The number of carbonyl (C=O) groups is 2. The summed E-state index contributed by atoms with van der Waals surface area (Å²) in [6.45, 7) is 3.95. The normalized spacial score (nSPS) is 16.2. The number of carbonyl (C=O) groups excluding carboxylic acids is 2. The molecule has 0 spiro atoms. The molecular weight excluding hydrogens is 520 g/mol. The van der Waals surface area contributed by atoms with Crippen LogP contribution < -0.4 is 10.4 Å². The highest BCUT2D eigenvalue weighted by atomic mass is 19.4. The number of ether oxygens (including phenoxy) is 1. The molecule has 1 aliphatic rings. The van der Waals surface area contributed by atoms with Crippen molar-refractivity contribution < 1.29 is 45.1 Å². The summed E-state index contributed by atoms with van der Waals surface area (Å²) in [6.07, 6.45) is -10.8. The Balaban J connectivity index is 2.12. The van der Waals surface area contributed by atoms with Crippen LogP contribution in [0.2, 0.25) is 0 Å². The van der Waals surface area contributed by atoms with Crippen molar-refractivity contribution >= 4 is 31.0 Å². The van der Waals surface area contributed by atoms with E-state index >= 15 is 0 Å². The molecule has 206 valence electrons. The lowest BCUT2D eigenvalue weighted by Crippen LogP contribution is -2.35. The zero-order valence-corrected chi connectivity index (χ0v) is 21.1. The second-order valence-electron chi connectivity index (χ2n) is 9.46. The van der Waals surface area contributed by atoms with E-state index in [1.54, 1.807) is 13.8 Å². The van der Waals surface area contributed by atoms with Crippen molar-refractivity contribution in [2.75, 3.05) is 11.4 Å². The molecule has 0 saturated heterocycles. The van der Waals surface area contributed by atoms with E-state index in [0.717, 1.165) is 17.9 Å². The fourth-order valence-corrected chi connectivity index (χ4v) is 4.44. The quantitative estimate of drug-likeness (QED) is 0.384. The molecule has 1 unspecified atom stereocenters. The van der Waals surface area contributed by atoms with Crippen LogP contribution in [-0.4, -0.2) is 37.4 Å². The van der Waals surface area contributed by atoms with Gasteiger partial charge >= 0.3 is 18.4 Å². The standard InChI is InChI=1S/C25H26BF7N2O3/c1-13(2)38-23(37)34-6-4-5-21(18-10-19(26)20(27)11-22(18)34)35(14(3)36)12-15-7-16(24(28,29)30)9-17(8-15)25(31,32)33/h7-11,13,21H,4-6,12,26H2,1-3H3. The van der Waals surface area contributed by atoms with Crippen LogP contribution in [0.1, 0.15) is 61.9 Å². The summed E-state index contributed by atoms with van der Waals surface area (Å²) in [4.78, 5) is 27.9. The first kappa shape index (κ1) is 29.3. The highest BCUT2D eigenvalue weighted by Gasteiger charge is 2.38. The van der Waals surface area contributed by atoms with Crippen LogP contribution >= 0.6 is 0 Å². The summed E-state index contributed by atoms with van der Waals surface area (Å²) in [5, 5.41) is 0. The van der Waals surface area contributed by atoms with E-state index < -0.39 is 60.0 Å². The van der Waals surface area contributed by atoms with E-state index in [1.807, 2.05) is 0 Å². The first-order valence-corrected chi connectivity index (χ1v) is 11.8. The van der Waals surface area contributed by atoms with E-state index in [0.29, 0.717) is 24.1 Å². The Morgan fingerprint density at radius 2 is 1.63 bits per heavy atom. The van der Waals surface area contributed by atoms with Gasteiger partial charge in [0.15, 0.2) is 0 Å². The molecule has 0 aromatic heterocycles. The van der Waals surface area contributed by atoms with Gasteiger partial charge < -0.3 is 9.64 Å². The molecule has 2 aromatic rings. The predicted octanol–water partition coefficient (Wildman–Crippen LogP) is 5.36. The molecule has 0 N–H and O–H groups in total. The number of alkyl halides is 6. The Bertz CT molecular complexity index is 1180. The highest BCUT2D eigenvalue weighted by molar-refractivity contribution is 6.32. The summed E-state index contributed by atoms with van der Waals surface area (Å²) in [6, 6.07) is 2.86. The summed E-state index contributed by atoms with van der Waals surface area (Å²) < 4.78 is 100. The molecule has 0 saturated carbocycles. The van der Waals surface area contributed by atoms with Gasteiger partial charge in [0.1, 0.15) is 13.7 Å². The summed E-state index contributed by atoms with van der Waals surface area (Å²) in [5.41, 5.74) is -2.72. The molecule has 0 fully saturated rings. The number of hydrogen-bond donors (Lipinski definition) is 0. The summed E-state index contributed by atoms with van der Waals surface area (Å²) in [5.74, 6) is -1.25. The molecule has 1 heterocycles. The lowest BCUT2D eigenvalue weighted by atomic mass is 9.89. The van der Waals surface area contributed by atoms with Gasteiger partial charge in [0.05, 0.1) is 29.0 Å². The van der Waals surface area contributed by atoms with Crippen LogP contribution in [-0.2, 0) is 28.4 Å². The van der Waals surface area contributed by atoms with Gasteiger partial charge in [-0.25, -0.2) is 9.18 Å². The minimum Gasteiger partial charge on any atom is -0.446 e. The third-order valence-electron chi connectivity index (χ3n) is 6.15. The van der Waals surface area contributed by atoms with Gasteiger partial charge in [-0.05, 0) is 62.1 Å². The second-order valence-corrected chi connectivity index (χ2v) is 9.46. The van der Waals surface area contributed by atoms with Gasteiger partial charge in [-0.1, -0.05) is 11.5 Å². The molecule has 0 bridgehead atoms. The molecule has 5 nitrogen and oxygen atoms in total. The van der Waals surface area contributed by atoms with Crippen LogP contribution in [0.4, 0.5) is 41.2 Å². The number of rotatable bonds is 4. The van der Waals surface area contributed by atoms with E-state index in [2.05, 4.69) is 0 Å². The lowest BCUT2D eigenvalue weighted by Gasteiger charge is -2.33. The number of amides is 2. The number of halogens is 7. The Morgan fingerprint density at radius 3 is 2.13 bits per heavy atom. The van der Waals surface area contributed by atoms with Crippen molar-refractivity contribution in [2.24, 2.45) is 0 Å². The molecule has 38 heavy (non-hydrogen) atoms. The molecular formula is C25H26BF7N2O3. The largest absolute Gasteiger partial charge is 0.446 e. The molecule has 3 rings (SSSR count). The zero-order chi connectivity index (χ0) is 28.6. The van der Waals surface area contributed by atoms with Crippen LogP contribution in [0.15, 0.2) is 30.3 Å². The summed E-state index contributed by atoms with van der Waals surface area (Å²) >= 11 is 0. The van der Waals surface area contributed by atoms with Gasteiger partial charge in [-0.15, -0.1) is 0 Å². The molecule has 0 radical (unpaired) electrons. The summed E-state index contributed by atoms with van der Waals surface area (Å²) in [7, 11) is 1.47.